The number of halogens is 1. The molecule has 2 aromatic carbocycles. The second-order valence-electron chi connectivity index (χ2n) is 4.99. The van der Waals surface area contributed by atoms with Crippen LogP contribution in [0.2, 0.25) is 0 Å². The number of amides is 2. The average molecular weight is 345 g/mol. The van der Waals surface area contributed by atoms with E-state index in [0.717, 1.165) is 21.3 Å². The molecule has 2 amide bonds. The molecule has 0 unspecified atom stereocenters. The third-order valence-corrected chi connectivity index (χ3v) is 4.08. The summed E-state index contributed by atoms with van der Waals surface area (Å²) >= 11 is 3.39. The molecule has 0 saturated carbocycles. The molecule has 2 aromatic rings. The van der Waals surface area contributed by atoms with Crippen LogP contribution < -0.4 is 10.6 Å². The third-order valence-electron chi connectivity index (χ3n) is 3.55. The first-order valence-corrected chi connectivity index (χ1v) is 7.31. The Balaban J connectivity index is 1.90. The number of hydrogen-bond acceptors (Lipinski definition) is 2. The Labute approximate surface area is 130 Å². The van der Waals surface area contributed by atoms with Gasteiger partial charge < -0.3 is 10.6 Å². The van der Waals surface area contributed by atoms with Crippen molar-refractivity contribution in [3.63, 3.8) is 0 Å². The zero-order chi connectivity index (χ0) is 15.0. The molecule has 5 heteroatoms. The molecule has 3 rings (SSSR count). The molecule has 2 N–H and O–H groups in total. The Morgan fingerprint density at radius 1 is 1.19 bits per heavy atom. The second kappa shape index (κ2) is 5.33. The predicted octanol–water partition coefficient (Wildman–Crippen LogP) is 2.64. The van der Waals surface area contributed by atoms with Gasteiger partial charge in [-0.2, -0.15) is 0 Å². The summed E-state index contributed by atoms with van der Waals surface area (Å²) in [6, 6.07) is 13.0. The standard InChI is InChI=1S/C16H13BrN2O2/c17-13-4-1-10(2-5-13)9-19-14-6-3-11(16(18)21)7-12(14)8-15(19)20/h1-7H,8-9H2,(H2,18,21). The molecule has 0 atom stereocenters. The Morgan fingerprint density at radius 2 is 1.90 bits per heavy atom. The number of benzene rings is 2. The fourth-order valence-corrected chi connectivity index (χ4v) is 2.75. The van der Waals surface area contributed by atoms with Gasteiger partial charge in [-0.3, -0.25) is 9.59 Å². The van der Waals surface area contributed by atoms with Crippen molar-refractivity contribution >= 4 is 33.4 Å². The van der Waals surface area contributed by atoms with E-state index in [1.54, 1.807) is 23.1 Å². The fourth-order valence-electron chi connectivity index (χ4n) is 2.48. The lowest BCUT2D eigenvalue weighted by Gasteiger charge is -2.17. The molecule has 1 aliphatic heterocycles. The minimum Gasteiger partial charge on any atom is -0.366 e. The van der Waals surface area contributed by atoms with Gasteiger partial charge in [-0.1, -0.05) is 28.1 Å². The van der Waals surface area contributed by atoms with Crippen molar-refractivity contribution in [1.29, 1.82) is 0 Å². The van der Waals surface area contributed by atoms with Gasteiger partial charge in [0.15, 0.2) is 0 Å². The average Bonchev–Trinajstić information content (AvgIpc) is 2.76. The van der Waals surface area contributed by atoms with Crippen LogP contribution in [0.5, 0.6) is 0 Å². The van der Waals surface area contributed by atoms with Gasteiger partial charge in [-0.15, -0.1) is 0 Å². The Bertz CT molecular complexity index is 726. The Morgan fingerprint density at radius 3 is 2.57 bits per heavy atom. The fraction of sp³-hybridized carbons (Fsp3) is 0.125. The molecule has 4 nitrogen and oxygen atoms in total. The predicted molar refractivity (Wildman–Crippen MR) is 84.0 cm³/mol. The van der Waals surface area contributed by atoms with Crippen LogP contribution in [0.15, 0.2) is 46.9 Å². The van der Waals surface area contributed by atoms with E-state index in [-0.39, 0.29) is 5.91 Å². The summed E-state index contributed by atoms with van der Waals surface area (Å²) in [6.45, 7) is 0.523. The molecule has 1 heterocycles. The largest absolute Gasteiger partial charge is 0.366 e. The van der Waals surface area contributed by atoms with Gasteiger partial charge >= 0.3 is 0 Å². The molecule has 0 spiro atoms. The van der Waals surface area contributed by atoms with Crippen LogP contribution in [0, 0.1) is 0 Å². The van der Waals surface area contributed by atoms with E-state index in [2.05, 4.69) is 15.9 Å². The maximum atomic E-state index is 12.2. The van der Waals surface area contributed by atoms with E-state index in [1.807, 2.05) is 24.3 Å². The highest BCUT2D eigenvalue weighted by Gasteiger charge is 2.27. The van der Waals surface area contributed by atoms with Gasteiger partial charge in [0.1, 0.15) is 0 Å². The highest BCUT2D eigenvalue weighted by molar-refractivity contribution is 9.10. The van der Waals surface area contributed by atoms with Gasteiger partial charge in [-0.25, -0.2) is 0 Å². The highest BCUT2D eigenvalue weighted by atomic mass is 79.9. The SMILES string of the molecule is NC(=O)c1ccc2c(c1)CC(=O)N2Cc1ccc(Br)cc1. The number of hydrogen-bond donors (Lipinski definition) is 1. The van der Waals surface area contributed by atoms with E-state index in [4.69, 9.17) is 5.73 Å². The molecule has 0 bridgehead atoms. The molecular formula is C16H13BrN2O2. The zero-order valence-corrected chi connectivity index (χ0v) is 12.8. The van der Waals surface area contributed by atoms with E-state index >= 15 is 0 Å². The maximum Gasteiger partial charge on any atom is 0.248 e. The second-order valence-corrected chi connectivity index (χ2v) is 5.91. The normalized spacial score (nSPS) is 13.4. The van der Waals surface area contributed by atoms with Crippen molar-refractivity contribution in [3.8, 4) is 0 Å². The first-order chi connectivity index (χ1) is 10.0. The summed E-state index contributed by atoms with van der Waals surface area (Å²) in [5.41, 5.74) is 8.47. The first-order valence-electron chi connectivity index (χ1n) is 6.52. The first kappa shape index (κ1) is 13.8. The van der Waals surface area contributed by atoms with Crippen molar-refractivity contribution in [2.45, 2.75) is 13.0 Å². The molecular weight excluding hydrogens is 332 g/mol. The van der Waals surface area contributed by atoms with Crippen LogP contribution in [0.25, 0.3) is 0 Å². The van der Waals surface area contributed by atoms with Crippen molar-refractivity contribution in [3.05, 3.63) is 63.6 Å². The summed E-state index contributed by atoms with van der Waals surface area (Å²) in [5.74, 6) is -0.439. The monoisotopic (exact) mass is 344 g/mol. The summed E-state index contributed by atoms with van der Waals surface area (Å²) < 4.78 is 1.01. The van der Waals surface area contributed by atoms with Crippen LogP contribution in [0.3, 0.4) is 0 Å². The van der Waals surface area contributed by atoms with E-state index in [1.165, 1.54) is 0 Å². The minimum atomic E-state index is -0.475. The molecule has 0 aliphatic carbocycles. The van der Waals surface area contributed by atoms with Crippen molar-refractivity contribution in [1.82, 2.24) is 0 Å². The van der Waals surface area contributed by atoms with E-state index in [9.17, 15) is 9.59 Å². The van der Waals surface area contributed by atoms with E-state index < -0.39 is 5.91 Å². The smallest absolute Gasteiger partial charge is 0.248 e. The van der Waals surface area contributed by atoms with Gasteiger partial charge in [0.05, 0.1) is 13.0 Å². The summed E-state index contributed by atoms with van der Waals surface area (Å²) in [7, 11) is 0. The van der Waals surface area contributed by atoms with Crippen molar-refractivity contribution < 1.29 is 9.59 Å². The molecule has 106 valence electrons. The number of rotatable bonds is 3. The molecule has 0 aromatic heterocycles. The quantitative estimate of drug-likeness (QED) is 0.930. The molecule has 0 fully saturated rings. The summed E-state index contributed by atoms with van der Waals surface area (Å²) in [4.78, 5) is 25.1. The molecule has 0 radical (unpaired) electrons. The Kier molecular flexibility index (Phi) is 3.51. The number of primary amides is 1. The van der Waals surface area contributed by atoms with Gasteiger partial charge in [0.2, 0.25) is 11.8 Å². The van der Waals surface area contributed by atoms with Crippen molar-refractivity contribution in [2.24, 2.45) is 5.73 Å². The number of carbonyl (C=O) groups excluding carboxylic acids is 2. The third kappa shape index (κ3) is 2.69. The van der Waals surface area contributed by atoms with Crippen molar-refractivity contribution in [2.75, 3.05) is 4.90 Å². The summed E-state index contributed by atoms with van der Waals surface area (Å²) in [5, 5.41) is 0. The lowest BCUT2D eigenvalue weighted by Crippen LogP contribution is -2.25. The minimum absolute atomic E-state index is 0.0366. The lowest BCUT2D eigenvalue weighted by atomic mass is 10.1. The lowest BCUT2D eigenvalue weighted by molar-refractivity contribution is -0.117. The maximum absolute atomic E-state index is 12.2. The number of nitrogens with two attached hydrogens (primary N) is 1. The number of anilines is 1. The van der Waals surface area contributed by atoms with E-state index in [0.29, 0.717) is 18.5 Å². The van der Waals surface area contributed by atoms with Crippen LogP contribution in [-0.4, -0.2) is 11.8 Å². The highest BCUT2D eigenvalue weighted by Crippen LogP contribution is 2.31. The van der Waals surface area contributed by atoms with Gasteiger partial charge in [-0.05, 0) is 41.5 Å². The van der Waals surface area contributed by atoms with Crippen LogP contribution in [0.4, 0.5) is 5.69 Å². The van der Waals surface area contributed by atoms with Crippen LogP contribution in [0.1, 0.15) is 21.5 Å². The molecule has 1 aliphatic rings. The topological polar surface area (TPSA) is 63.4 Å². The Hall–Kier alpha value is -2.14. The van der Waals surface area contributed by atoms with Gasteiger partial charge in [0, 0.05) is 15.7 Å². The zero-order valence-electron chi connectivity index (χ0n) is 11.2. The number of nitrogens with zero attached hydrogens (tertiary/aromatic N) is 1. The number of carbonyl (C=O) groups is 2. The number of fused-ring (bicyclic) bond motifs is 1. The van der Waals surface area contributed by atoms with Crippen LogP contribution in [-0.2, 0) is 17.8 Å². The van der Waals surface area contributed by atoms with Crippen LogP contribution >= 0.6 is 15.9 Å². The molecule has 21 heavy (non-hydrogen) atoms. The molecule has 0 saturated heterocycles. The van der Waals surface area contributed by atoms with Gasteiger partial charge in [0.25, 0.3) is 0 Å². The summed E-state index contributed by atoms with van der Waals surface area (Å²) in [6.07, 6.45) is 0.312.